The highest BCUT2D eigenvalue weighted by Crippen LogP contribution is 2.40. The molecule has 2 aromatic rings. The van der Waals surface area contributed by atoms with Crippen molar-refractivity contribution in [2.24, 2.45) is 17.8 Å². The van der Waals surface area contributed by atoms with Crippen molar-refractivity contribution in [3.8, 4) is 0 Å². The van der Waals surface area contributed by atoms with Gasteiger partial charge in [0.05, 0.1) is 25.2 Å². The molecule has 5 atom stereocenters. The quantitative estimate of drug-likeness (QED) is 0.330. The van der Waals surface area contributed by atoms with Gasteiger partial charge in [-0.05, 0) is 29.3 Å². The minimum absolute atomic E-state index is 0.0232. The topological polar surface area (TPSA) is 57.2 Å². The number of hydrogen-bond donors (Lipinski definition) is 0. The second-order valence-corrected chi connectivity index (χ2v) is 16.5. The van der Waals surface area contributed by atoms with Crippen LogP contribution in [0.15, 0.2) is 60.7 Å². The molecule has 1 aliphatic rings. The molecule has 0 aromatic heterocycles. The lowest BCUT2D eigenvalue weighted by atomic mass is 9.82. The van der Waals surface area contributed by atoms with Crippen molar-refractivity contribution in [3.05, 3.63) is 60.7 Å². The Hall–Kier alpha value is -2.03. The summed E-state index contributed by atoms with van der Waals surface area (Å²) in [6, 6.07) is 21.4. The first kappa shape index (κ1) is 30.5. The largest absolute Gasteiger partial charge is 0.407 e. The van der Waals surface area contributed by atoms with Gasteiger partial charge in [0.1, 0.15) is 0 Å². The lowest BCUT2D eigenvalue weighted by Gasteiger charge is -2.49. The van der Waals surface area contributed by atoms with E-state index in [2.05, 4.69) is 95.3 Å². The molecule has 0 radical (unpaired) electrons. The van der Waals surface area contributed by atoms with Gasteiger partial charge in [0.2, 0.25) is 0 Å². The number of hydroxylamine groups is 2. The van der Waals surface area contributed by atoms with Gasteiger partial charge in [-0.3, -0.25) is 9.63 Å². The summed E-state index contributed by atoms with van der Waals surface area (Å²) in [7, 11) is 0.453. The van der Waals surface area contributed by atoms with Gasteiger partial charge < -0.3 is 13.9 Å². The van der Waals surface area contributed by atoms with Crippen LogP contribution in [-0.2, 0) is 23.5 Å². The van der Waals surface area contributed by atoms with Crippen LogP contribution in [0.4, 0.5) is 0 Å². The average molecular weight is 542 g/mol. The Morgan fingerprint density at radius 2 is 1.45 bits per heavy atom. The van der Waals surface area contributed by atoms with Gasteiger partial charge in [-0.15, -0.1) is 0 Å². The first-order chi connectivity index (χ1) is 17.7. The second-order valence-electron chi connectivity index (χ2n) is 12.2. The molecule has 0 unspecified atom stereocenters. The van der Waals surface area contributed by atoms with Crippen LogP contribution in [-0.4, -0.2) is 58.0 Å². The first-order valence-electron chi connectivity index (χ1n) is 13.7. The maximum absolute atomic E-state index is 12.9. The Morgan fingerprint density at radius 1 is 0.974 bits per heavy atom. The molecule has 3 rings (SSSR count). The molecule has 1 saturated heterocycles. The van der Waals surface area contributed by atoms with Gasteiger partial charge in [-0.25, -0.2) is 5.06 Å². The molecule has 1 amide bonds. The van der Waals surface area contributed by atoms with Crippen LogP contribution in [0.3, 0.4) is 0 Å². The minimum Gasteiger partial charge on any atom is -0.407 e. The van der Waals surface area contributed by atoms with Gasteiger partial charge in [0, 0.05) is 25.5 Å². The standard InChI is InChI=1S/C31H47NO5Si/c1-22(27-23(2)28(37-31(7,8)36-27)24(3)29(33)32(9)34-10)21-35-38(30(4,5)6,25-17-13-11-14-18-25)26-19-15-12-16-20-26/h11-20,22-24,27-28H,21H2,1-10H3/t22-,23-,24-,27-,28-/m1/s1. The summed E-state index contributed by atoms with van der Waals surface area (Å²) in [5.41, 5.74) is 0. The lowest BCUT2D eigenvalue weighted by Crippen LogP contribution is -2.67. The van der Waals surface area contributed by atoms with Gasteiger partial charge in [0.25, 0.3) is 14.2 Å². The number of rotatable bonds is 9. The smallest absolute Gasteiger partial charge is 0.261 e. The van der Waals surface area contributed by atoms with Gasteiger partial charge >= 0.3 is 0 Å². The molecule has 210 valence electrons. The monoisotopic (exact) mass is 541 g/mol. The van der Waals surface area contributed by atoms with Crippen molar-refractivity contribution in [3.63, 3.8) is 0 Å². The first-order valence-corrected chi connectivity index (χ1v) is 15.6. The summed E-state index contributed by atoms with van der Waals surface area (Å²) < 4.78 is 20.1. The van der Waals surface area contributed by atoms with E-state index in [1.54, 1.807) is 7.05 Å². The van der Waals surface area contributed by atoms with Crippen molar-refractivity contribution in [1.82, 2.24) is 5.06 Å². The Kier molecular flexibility index (Phi) is 9.64. The zero-order chi connectivity index (χ0) is 28.3. The van der Waals surface area contributed by atoms with E-state index in [0.717, 1.165) is 0 Å². The molecule has 0 spiro atoms. The van der Waals surface area contributed by atoms with Crippen LogP contribution >= 0.6 is 0 Å². The van der Waals surface area contributed by atoms with Crippen molar-refractivity contribution < 1.29 is 23.5 Å². The van der Waals surface area contributed by atoms with Gasteiger partial charge in [-0.1, -0.05) is 102 Å². The number of carbonyl (C=O) groups is 1. The fourth-order valence-electron chi connectivity index (χ4n) is 5.91. The zero-order valence-corrected chi connectivity index (χ0v) is 25.9. The van der Waals surface area contributed by atoms with Crippen LogP contribution in [0.1, 0.15) is 55.4 Å². The van der Waals surface area contributed by atoms with Crippen molar-refractivity contribution in [1.29, 1.82) is 0 Å². The third-order valence-electron chi connectivity index (χ3n) is 7.88. The van der Waals surface area contributed by atoms with Gasteiger partial charge in [-0.2, -0.15) is 0 Å². The second kappa shape index (κ2) is 12.0. The van der Waals surface area contributed by atoms with E-state index in [0.29, 0.717) is 6.61 Å². The van der Waals surface area contributed by atoms with E-state index in [9.17, 15) is 4.79 Å². The SMILES string of the molecule is CON(C)C(=O)[C@H](C)[C@@H]1OC(C)(C)O[C@H]([C@H](C)CO[Si](c2ccccc2)(c2ccccc2)C(C)(C)C)[C@H]1C. The Labute approximate surface area is 230 Å². The molecule has 0 bridgehead atoms. The molecule has 38 heavy (non-hydrogen) atoms. The lowest BCUT2D eigenvalue weighted by molar-refractivity contribution is -0.334. The number of hydrogen-bond acceptors (Lipinski definition) is 5. The molecule has 7 heteroatoms. The maximum Gasteiger partial charge on any atom is 0.261 e. The molecule has 0 saturated carbocycles. The Balaban J connectivity index is 1.93. The number of carbonyl (C=O) groups excluding carboxylic acids is 1. The van der Waals surface area contributed by atoms with E-state index < -0.39 is 14.1 Å². The summed E-state index contributed by atoms with van der Waals surface area (Å²) in [4.78, 5) is 18.1. The zero-order valence-electron chi connectivity index (χ0n) is 24.9. The highest BCUT2D eigenvalue weighted by Gasteiger charge is 2.52. The number of ether oxygens (including phenoxy) is 2. The predicted octanol–water partition coefficient (Wildman–Crippen LogP) is 5.01. The minimum atomic E-state index is -2.67. The molecule has 6 nitrogen and oxygen atoms in total. The van der Waals surface area contributed by atoms with Crippen molar-refractivity contribution >= 4 is 24.6 Å². The molecular formula is C31H47NO5Si. The molecule has 0 aliphatic carbocycles. The van der Waals surface area contributed by atoms with Crippen LogP contribution < -0.4 is 10.4 Å². The molecule has 2 aromatic carbocycles. The van der Waals surface area contributed by atoms with E-state index in [-0.39, 0.29) is 40.9 Å². The molecular weight excluding hydrogens is 494 g/mol. The van der Waals surface area contributed by atoms with Gasteiger partial charge in [0.15, 0.2) is 5.79 Å². The van der Waals surface area contributed by atoms with E-state index in [4.69, 9.17) is 18.7 Å². The summed E-state index contributed by atoms with van der Waals surface area (Å²) in [6.07, 6.45) is -0.464. The fraction of sp³-hybridized carbons (Fsp3) is 0.581. The highest BCUT2D eigenvalue weighted by atomic mass is 28.4. The van der Waals surface area contributed by atoms with E-state index >= 15 is 0 Å². The van der Waals surface area contributed by atoms with Crippen molar-refractivity contribution in [2.75, 3.05) is 20.8 Å². The number of nitrogens with zero attached hydrogens (tertiary/aromatic N) is 1. The van der Waals surface area contributed by atoms with Crippen LogP contribution in [0.2, 0.25) is 5.04 Å². The number of amides is 1. The average Bonchev–Trinajstić information content (AvgIpc) is 2.89. The summed E-state index contributed by atoms with van der Waals surface area (Å²) in [6.45, 7) is 17.4. The van der Waals surface area contributed by atoms with E-state index in [1.807, 2.05) is 20.8 Å². The maximum atomic E-state index is 12.9. The summed E-state index contributed by atoms with van der Waals surface area (Å²) in [5.74, 6) is -1.28. The van der Waals surface area contributed by atoms with Crippen LogP contribution in [0.25, 0.3) is 0 Å². The number of benzene rings is 2. The molecule has 1 heterocycles. The Bertz CT molecular complexity index is 1000. The molecule has 0 N–H and O–H groups in total. The highest BCUT2D eigenvalue weighted by molar-refractivity contribution is 6.99. The normalized spacial score (nSPS) is 23.5. The summed E-state index contributed by atoms with van der Waals surface area (Å²) in [5, 5.41) is 3.68. The van der Waals surface area contributed by atoms with Crippen LogP contribution in [0, 0.1) is 17.8 Å². The predicted molar refractivity (Wildman–Crippen MR) is 155 cm³/mol. The molecule has 1 fully saturated rings. The Morgan fingerprint density at radius 3 is 1.89 bits per heavy atom. The summed E-state index contributed by atoms with van der Waals surface area (Å²) >= 11 is 0. The molecule has 1 aliphatic heterocycles. The third-order valence-corrected chi connectivity index (χ3v) is 12.9. The fourth-order valence-corrected chi connectivity index (χ4v) is 10.6. The van der Waals surface area contributed by atoms with Crippen LogP contribution in [0.5, 0.6) is 0 Å². The van der Waals surface area contributed by atoms with E-state index in [1.165, 1.54) is 22.5 Å². The van der Waals surface area contributed by atoms with Crippen molar-refractivity contribution in [2.45, 2.75) is 78.4 Å². The third kappa shape index (κ3) is 6.23.